The molecule has 0 spiro atoms. The summed E-state index contributed by atoms with van der Waals surface area (Å²) < 4.78 is 1.40. The van der Waals surface area contributed by atoms with E-state index >= 15 is 0 Å². The molecule has 1 aromatic heterocycles. The van der Waals surface area contributed by atoms with E-state index < -0.39 is 0 Å². The maximum absolute atomic E-state index is 12.9. The van der Waals surface area contributed by atoms with Crippen molar-refractivity contribution in [1.29, 1.82) is 0 Å². The molecule has 0 atom stereocenters. The van der Waals surface area contributed by atoms with E-state index in [-0.39, 0.29) is 18.0 Å². The van der Waals surface area contributed by atoms with Crippen molar-refractivity contribution in [1.82, 2.24) is 9.55 Å². The average Bonchev–Trinajstić information content (AvgIpc) is 2.68. The number of carbonyl (C=O) groups is 1. The zero-order valence-corrected chi connectivity index (χ0v) is 16.9. The van der Waals surface area contributed by atoms with Crippen LogP contribution in [0.5, 0.6) is 0 Å². The minimum absolute atomic E-state index is 0.109. The fraction of sp³-hybridized carbons (Fsp3) is 0.227. The van der Waals surface area contributed by atoms with Crippen LogP contribution in [-0.2, 0) is 17.8 Å². The van der Waals surface area contributed by atoms with E-state index in [9.17, 15) is 9.59 Å². The first-order valence-electron chi connectivity index (χ1n) is 9.09. The summed E-state index contributed by atoms with van der Waals surface area (Å²) in [5.74, 6) is 0.236. The van der Waals surface area contributed by atoms with Crippen molar-refractivity contribution in [2.75, 3.05) is 11.9 Å². The van der Waals surface area contributed by atoms with Crippen molar-refractivity contribution >= 4 is 23.2 Å². The molecule has 144 valence electrons. The lowest BCUT2D eigenvalue weighted by molar-refractivity contribution is -0.118. The Morgan fingerprint density at radius 3 is 2.57 bits per heavy atom. The van der Waals surface area contributed by atoms with Gasteiger partial charge in [-0.15, -0.1) is 0 Å². The van der Waals surface area contributed by atoms with Crippen molar-refractivity contribution in [3.05, 3.63) is 81.2 Å². The maximum atomic E-state index is 12.9. The highest BCUT2D eigenvalue weighted by Crippen LogP contribution is 2.21. The SMILES string of the molecule is CCc1cc(=O)n(CC(=O)N(C)c2cccc(C)c2)c(-c2cccc(Cl)c2)n1. The summed E-state index contributed by atoms with van der Waals surface area (Å²) in [6.07, 6.45) is 0.626. The normalized spacial score (nSPS) is 10.7. The molecule has 0 aliphatic heterocycles. The number of carbonyl (C=O) groups excluding carboxylic acids is 1. The molecule has 0 aliphatic carbocycles. The van der Waals surface area contributed by atoms with Gasteiger partial charge in [0.15, 0.2) is 0 Å². The highest BCUT2D eigenvalue weighted by Gasteiger charge is 2.17. The monoisotopic (exact) mass is 395 g/mol. The van der Waals surface area contributed by atoms with E-state index in [2.05, 4.69) is 4.98 Å². The molecule has 3 rings (SSSR count). The minimum atomic E-state index is -0.257. The van der Waals surface area contributed by atoms with Gasteiger partial charge in [0.2, 0.25) is 5.91 Å². The average molecular weight is 396 g/mol. The van der Waals surface area contributed by atoms with E-state index in [0.29, 0.717) is 28.5 Å². The van der Waals surface area contributed by atoms with E-state index in [0.717, 1.165) is 11.3 Å². The molecule has 2 aromatic carbocycles. The Hall–Kier alpha value is -2.92. The maximum Gasteiger partial charge on any atom is 0.254 e. The van der Waals surface area contributed by atoms with Crippen LogP contribution in [0.25, 0.3) is 11.4 Å². The van der Waals surface area contributed by atoms with Crippen molar-refractivity contribution in [2.45, 2.75) is 26.8 Å². The summed E-state index contributed by atoms with van der Waals surface area (Å²) in [6, 6.07) is 16.3. The summed E-state index contributed by atoms with van der Waals surface area (Å²) in [7, 11) is 1.70. The van der Waals surface area contributed by atoms with Crippen LogP contribution in [0.3, 0.4) is 0 Å². The third kappa shape index (κ3) is 4.31. The molecule has 1 heterocycles. The quantitative estimate of drug-likeness (QED) is 0.653. The highest BCUT2D eigenvalue weighted by molar-refractivity contribution is 6.30. The van der Waals surface area contributed by atoms with Crippen LogP contribution in [0.4, 0.5) is 5.69 Å². The lowest BCUT2D eigenvalue weighted by Crippen LogP contribution is -2.35. The van der Waals surface area contributed by atoms with Gasteiger partial charge in [0.1, 0.15) is 12.4 Å². The second-order valence-corrected chi connectivity index (χ2v) is 7.09. The van der Waals surface area contributed by atoms with Gasteiger partial charge in [-0.25, -0.2) is 4.98 Å². The Kier molecular flexibility index (Phi) is 5.95. The molecule has 5 nitrogen and oxygen atoms in total. The van der Waals surface area contributed by atoms with Crippen LogP contribution >= 0.6 is 11.6 Å². The molecule has 3 aromatic rings. The minimum Gasteiger partial charge on any atom is -0.314 e. The zero-order valence-electron chi connectivity index (χ0n) is 16.1. The van der Waals surface area contributed by atoms with Crippen LogP contribution in [0.2, 0.25) is 5.02 Å². The lowest BCUT2D eigenvalue weighted by atomic mass is 10.2. The number of hydrogen-bond acceptors (Lipinski definition) is 3. The Labute approximate surface area is 169 Å². The molecule has 0 N–H and O–H groups in total. The molecule has 0 saturated heterocycles. The number of halogens is 1. The van der Waals surface area contributed by atoms with Gasteiger partial charge in [-0.2, -0.15) is 0 Å². The van der Waals surface area contributed by atoms with Gasteiger partial charge in [0.25, 0.3) is 5.56 Å². The van der Waals surface area contributed by atoms with Crippen LogP contribution in [0.1, 0.15) is 18.2 Å². The number of amides is 1. The molecular formula is C22H22ClN3O2. The van der Waals surface area contributed by atoms with Crippen molar-refractivity contribution in [2.24, 2.45) is 0 Å². The molecule has 0 unspecified atom stereocenters. The summed E-state index contributed by atoms with van der Waals surface area (Å²) in [5, 5.41) is 0.545. The molecule has 0 saturated carbocycles. The zero-order chi connectivity index (χ0) is 20.3. The van der Waals surface area contributed by atoms with Gasteiger partial charge in [0, 0.05) is 35.1 Å². The fourth-order valence-corrected chi connectivity index (χ4v) is 3.15. The topological polar surface area (TPSA) is 55.2 Å². The van der Waals surface area contributed by atoms with Crippen molar-refractivity contribution in [3.8, 4) is 11.4 Å². The number of benzene rings is 2. The lowest BCUT2D eigenvalue weighted by Gasteiger charge is -2.20. The van der Waals surface area contributed by atoms with E-state index in [4.69, 9.17) is 11.6 Å². The van der Waals surface area contributed by atoms with Crippen LogP contribution in [0.15, 0.2) is 59.4 Å². The number of rotatable bonds is 5. The predicted molar refractivity (Wildman–Crippen MR) is 113 cm³/mol. The Bertz CT molecular complexity index is 1080. The van der Waals surface area contributed by atoms with Gasteiger partial charge in [-0.05, 0) is 43.2 Å². The smallest absolute Gasteiger partial charge is 0.254 e. The third-order valence-electron chi connectivity index (χ3n) is 4.56. The standard InChI is InChI=1S/C22H22ClN3O2/c1-4-18-13-20(27)26(22(24-18)16-8-6-9-17(23)12-16)14-21(28)25(3)19-10-5-7-15(2)11-19/h5-13H,4,14H2,1-3H3. The Balaban J connectivity index is 2.01. The first kappa shape index (κ1) is 19.8. The largest absolute Gasteiger partial charge is 0.314 e. The second kappa shape index (κ2) is 8.40. The van der Waals surface area contributed by atoms with Crippen molar-refractivity contribution < 1.29 is 4.79 Å². The number of likely N-dealkylation sites (N-methyl/N-ethyl adjacent to an activating group) is 1. The summed E-state index contributed by atoms with van der Waals surface area (Å²) in [5.41, 5.74) is 2.96. The van der Waals surface area contributed by atoms with Gasteiger partial charge >= 0.3 is 0 Å². The second-order valence-electron chi connectivity index (χ2n) is 6.65. The van der Waals surface area contributed by atoms with Gasteiger partial charge < -0.3 is 4.90 Å². The van der Waals surface area contributed by atoms with E-state index in [1.165, 1.54) is 10.6 Å². The highest BCUT2D eigenvalue weighted by atomic mass is 35.5. The van der Waals surface area contributed by atoms with Gasteiger partial charge in [-0.3, -0.25) is 14.2 Å². The van der Waals surface area contributed by atoms with Crippen molar-refractivity contribution in [3.63, 3.8) is 0 Å². The number of aromatic nitrogens is 2. The first-order valence-corrected chi connectivity index (χ1v) is 9.46. The molecule has 0 aliphatic rings. The summed E-state index contributed by atoms with van der Waals surface area (Å²) in [6.45, 7) is 3.80. The molecule has 0 bridgehead atoms. The molecule has 0 radical (unpaired) electrons. The predicted octanol–water partition coefficient (Wildman–Crippen LogP) is 4.10. The molecule has 1 amide bonds. The number of aryl methyl sites for hydroxylation is 2. The van der Waals surface area contributed by atoms with Gasteiger partial charge in [0.05, 0.1) is 0 Å². The summed E-state index contributed by atoms with van der Waals surface area (Å²) >= 11 is 6.12. The van der Waals surface area contributed by atoms with Crippen LogP contribution < -0.4 is 10.5 Å². The molecular weight excluding hydrogens is 374 g/mol. The number of hydrogen-bond donors (Lipinski definition) is 0. The van der Waals surface area contributed by atoms with E-state index in [1.807, 2.05) is 44.2 Å². The Morgan fingerprint density at radius 2 is 1.89 bits per heavy atom. The fourth-order valence-electron chi connectivity index (χ4n) is 2.96. The van der Waals surface area contributed by atoms with E-state index in [1.54, 1.807) is 30.1 Å². The molecule has 28 heavy (non-hydrogen) atoms. The third-order valence-corrected chi connectivity index (χ3v) is 4.80. The molecule has 6 heteroatoms. The summed E-state index contributed by atoms with van der Waals surface area (Å²) in [4.78, 5) is 31.8. The number of nitrogens with zero attached hydrogens (tertiary/aromatic N) is 3. The van der Waals surface area contributed by atoms with Crippen LogP contribution in [-0.4, -0.2) is 22.5 Å². The number of anilines is 1. The van der Waals surface area contributed by atoms with Crippen LogP contribution in [0, 0.1) is 6.92 Å². The van der Waals surface area contributed by atoms with Gasteiger partial charge in [-0.1, -0.05) is 42.8 Å². The first-order chi connectivity index (χ1) is 13.4. The Morgan fingerprint density at radius 1 is 1.14 bits per heavy atom. The molecule has 0 fully saturated rings.